The van der Waals surface area contributed by atoms with Crippen molar-refractivity contribution in [1.82, 2.24) is 0 Å². The van der Waals surface area contributed by atoms with E-state index < -0.39 is 0 Å². The van der Waals surface area contributed by atoms with E-state index in [0.29, 0.717) is 6.54 Å². The minimum atomic E-state index is 0.0936. The fraction of sp³-hybridized carbons (Fsp3) is 0.250. The second-order valence-electron chi connectivity index (χ2n) is 4.52. The summed E-state index contributed by atoms with van der Waals surface area (Å²) in [7, 11) is 0. The van der Waals surface area contributed by atoms with Gasteiger partial charge in [-0.05, 0) is 18.4 Å². The molecule has 1 atom stereocenters. The molecule has 19 heavy (non-hydrogen) atoms. The topological polar surface area (TPSA) is 61.3 Å². The zero-order valence-electron chi connectivity index (χ0n) is 11.0. The largest absolute Gasteiger partial charge is 0.488 e. The van der Waals surface area contributed by atoms with Gasteiger partial charge < -0.3 is 16.2 Å². The number of ether oxygens (including phenoxy) is 1. The lowest BCUT2D eigenvalue weighted by Crippen LogP contribution is -2.30. The number of benzene rings is 1. The van der Waals surface area contributed by atoms with Crippen LogP contribution in [-0.2, 0) is 6.42 Å². The number of rotatable bonds is 4. The SMILES string of the molecule is C=C/C=C\C(=C/N)c1cccc2c1O[C@@H](CN)CC2. The lowest BCUT2D eigenvalue weighted by molar-refractivity contribution is 0.181. The maximum Gasteiger partial charge on any atom is 0.130 e. The van der Waals surface area contributed by atoms with Crippen molar-refractivity contribution in [3.63, 3.8) is 0 Å². The smallest absolute Gasteiger partial charge is 0.130 e. The Balaban J connectivity index is 2.41. The number of allylic oxidation sites excluding steroid dienone is 4. The average molecular weight is 256 g/mol. The van der Waals surface area contributed by atoms with Gasteiger partial charge in [0.2, 0.25) is 0 Å². The highest BCUT2D eigenvalue weighted by molar-refractivity contribution is 5.78. The van der Waals surface area contributed by atoms with Gasteiger partial charge in [-0.3, -0.25) is 0 Å². The van der Waals surface area contributed by atoms with Crippen molar-refractivity contribution in [3.8, 4) is 5.75 Å². The summed E-state index contributed by atoms with van der Waals surface area (Å²) in [6.45, 7) is 4.21. The van der Waals surface area contributed by atoms with Crippen LogP contribution in [-0.4, -0.2) is 12.6 Å². The van der Waals surface area contributed by atoms with Crippen LogP contribution in [0.25, 0.3) is 5.57 Å². The summed E-state index contributed by atoms with van der Waals surface area (Å²) in [5, 5.41) is 0. The Morgan fingerprint density at radius 3 is 3.00 bits per heavy atom. The summed E-state index contributed by atoms with van der Waals surface area (Å²) in [5.74, 6) is 0.912. The summed E-state index contributed by atoms with van der Waals surface area (Å²) in [5.41, 5.74) is 14.6. The maximum absolute atomic E-state index is 5.99. The van der Waals surface area contributed by atoms with E-state index in [9.17, 15) is 0 Å². The van der Waals surface area contributed by atoms with Crippen LogP contribution in [0, 0.1) is 0 Å². The molecule has 0 amide bonds. The molecule has 2 rings (SSSR count). The minimum Gasteiger partial charge on any atom is -0.488 e. The molecule has 1 aromatic rings. The number of para-hydroxylation sites is 1. The molecule has 100 valence electrons. The molecule has 1 aliphatic rings. The second-order valence-corrected chi connectivity index (χ2v) is 4.52. The lowest BCUT2D eigenvalue weighted by atomic mass is 9.95. The van der Waals surface area contributed by atoms with E-state index in [4.69, 9.17) is 16.2 Å². The third kappa shape index (κ3) is 2.88. The van der Waals surface area contributed by atoms with Crippen LogP contribution in [0.5, 0.6) is 5.75 Å². The van der Waals surface area contributed by atoms with E-state index in [1.54, 1.807) is 12.3 Å². The van der Waals surface area contributed by atoms with Crippen molar-refractivity contribution >= 4 is 5.57 Å². The highest BCUT2D eigenvalue weighted by atomic mass is 16.5. The first kappa shape index (κ1) is 13.4. The molecule has 0 saturated heterocycles. The van der Waals surface area contributed by atoms with Gasteiger partial charge in [-0.2, -0.15) is 0 Å². The molecule has 0 aromatic heterocycles. The van der Waals surface area contributed by atoms with E-state index in [-0.39, 0.29) is 6.10 Å². The van der Waals surface area contributed by atoms with E-state index in [0.717, 1.165) is 29.7 Å². The molecular formula is C16H20N2O. The Labute approximate surface area is 114 Å². The fourth-order valence-electron chi connectivity index (χ4n) is 2.26. The third-order valence-electron chi connectivity index (χ3n) is 3.28. The van der Waals surface area contributed by atoms with E-state index >= 15 is 0 Å². The maximum atomic E-state index is 5.99. The van der Waals surface area contributed by atoms with Crippen molar-refractivity contribution in [2.75, 3.05) is 6.54 Å². The first-order chi connectivity index (χ1) is 9.30. The van der Waals surface area contributed by atoms with Crippen LogP contribution in [0.2, 0.25) is 0 Å². The third-order valence-corrected chi connectivity index (χ3v) is 3.28. The normalized spacial score (nSPS) is 19.0. The molecule has 0 spiro atoms. The molecule has 3 nitrogen and oxygen atoms in total. The van der Waals surface area contributed by atoms with Gasteiger partial charge >= 0.3 is 0 Å². The average Bonchev–Trinajstić information content (AvgIpc) is 2.47. The highest BCUT2D eigenvalue weighted by Gasteiger charge is 2.21. The second kappa shape index (κ2) is 6.25. The van der Waals surface area contributed by atoms with Crippen molar-refractivity contribution < 1.29 is 4.74 Å². The first-order valence-electron chi connectivity index (χ1n) is 6.50. The Bertz CT molecular complexity index is 517. The fourth-order valence-corrected chi connectivity index (χ4v) is 2.26. The van der Waals surface area contributed by atoms with Crippen LogP contribution in [0.15, 0.2) is 49.2 Å². The van der Waals surface area contributed by atoms with Gasteiger partial charge in [-0.25, -0.2) is 0 Å². The van der Waals surface area contributed by atoms with Crippen LogP contribution in [0.3, 0.4) is 0 Å². The predicted molar refractivity (Wildman–Crippen MR) is 79.7 cm³/mol. The van der Waals surface area contributed by atoms with E-state index in [2.05, 4.69) is 12.6 Å². The zero-order valence-corrected chi connectivity index (χ0v) is 11.0. The van der Waals surface area contributed by atoms with Gasteiger partial charge in [0.25, 0.3) is 0 Å². The van der Waals surface area contributed by atoms with Gasteiger partial charge in [-0.1, -0.05) is 43.0 Å². The van der Waals surface area contributed by atoms with Gasteiger partial charge in [-0.15, -0.1) is 0 Å². The van der Waals surface area contributed by atoms with Crippen LogP contribution in [0.1, 0.15) is 17.5 Å². The van der Waals surface area contributed by atoms with E-state index in [1.807, 2.05) is 24.3 Å². The summed E-state index contributed by atoms with van der Waals surface area (Å²) >= 11 is 0. The summed E-state index contributed by atoms with van der Waals surface area (Å²) in [6.07, 6.45) is 9.16. The molecular weight excluding hydrogens is 236 g/mol. The quantitative estimate of drug-likeness (QED) is 0.813. The molecule has 0 aliphatic carbocycles. The summed E-state index contributed by atoms with van der Waals surface area (Å²) < 4.78 is 5.99. The number of hydrogen-bond acceptors (Lipinski definition) is 3. The predicted octanol–water partition coefficient (Wildman–Crippen LogP) is 2.38. The molecule has 4 N–H and O–H groups in total. The molecule has 0 bridgehead atoms. The highest BCUT2D eigenvalue weighted by Crippen LogP contribution is 2.35. The molecule has 0 saturated carbocycles. The molecule has 0 unspecified atom stereocenters. The molecule has 3 heteroatoms. The summed E-state index contributed by atoms with van der Waals surface area (Å²) in [6, 6.07) is 6.15. The van der Waals surface area contributed by atoms with Gasteiger partial charge in [0.15, 0.2) is 0 Å². The number of nitrogens with two attached hydrogens (primary N) is 2. The van der Waals surface area contributed by atoms with Crippen molar-refractivity contribution in [2.24, 2.45) is 11.5 Å². The van der Waals surface area contributed by atoms with Crippen molar-refractivity contribution in [1.29, 1.82) is 0 Å². The Hall–Kier alpha value is -2.00. The van der Waals surface area contributed by atoms with Crippen molar-refractivity contribution in [3.05, 3.63) is 60.3 Å². The van der Waals surface area contributed by atoms with Crippen LogP contribution in [0.4, 0.5) is 0 Å². The zero-order chi connectivity index (χ0) is 13.7. The number of hydrogen-bond donors (Lipinski definition) is 2. The van der Waals surface area contributed by atoms with Gasteiger partial charge in [0.1, 0.15) is 11.9 Å². The Kier molecular flexibility index (Phi) is 4.42. The first-order valence-corrected chi connectivity index (χ1v) is 6.50. The van der Waals surface area contributed by atoms with Gasteiger partial charge in [0, 0.05) is 23.9 Å². The number of fused-ring (bicyclic) bond motifs is 1. The standard InChI is InChI=1S/C16H20N2O/c1-2-3-5-13(10-17)15-7-4-6-12-8-9-14(11-18)19-16(12)15/h2-7,10,14H,1,8-9,11,17-18H2/b5-3-,13-10+/t14-/m1/s1. The Morgan fingerprint density at radius 2 is 2.32 bits per heavy atom. The lowest BCUT2D eigenvalue weighted by Gasteiger charge is -2.27. The molecule has 0 radical (unpaired) electrons. The minimum absolute atomic E-state index is 0.0936. The number of aryl methyl sites for hydroxylation is 1. The molecule has 1 aliphatic heterocycles. The molecule has 1 aromatic carbocycles. The summed E-state index contributed by atoms with van der Waals surface area (Å²) in [4.78, 5) is 0. The Morgan fingerprint density at radius 1 is 1.47 bits per heavy atom. The van der Waals surface area contributed by atoms with Gasteiger partial charge in [0.05, 0.1) is 0 Å². The van der Waals surface area contributed by atoms with Crippen LogP contribution < -0.4 is 16.2 Å². The van der Waals surface area contributed by atoms with Crippen molar-refractivity contribution in [2.45, 2.75) is 18.9 Å². The van der Waals surface area contributed by atoms with E-state index in [1.165, 1.54) is 5.56 Å². The monoisotopic (exact) mass is 256 g/mol. The molecule has 0 fully saturated rings. The van der Waals surface area contributed by atoms with Crippen LogP contribution >= 0.6 is 0 Å². The molecule has 1 heterocycles.